The molecule has 2 N–H and O–H groups in total. The summed E-state index contributed by atoms with van der Waals surface area (Å²) in [7, 11) is 1.61. The van der Waals surface area contributed by atoms with E-state index in [0.29, 0.717) is 16.6 Å². The van der Waals surface area contributed by atoms with E-state index in [-0.39, 0.29) is 0 Å². The van der Waals surface area contributed by atoms with Gasteiger partial charge in [-0.25, -0.2) is 9.97 Å². The number of aromatic nitrogens is 2. The molecule has 1 heterocycles. The molecule has 0 aliphatic carbocycles. The molecular formula is C14H17N3OS. The van der Waals surface area contributed by atoms with Gasteiger partial charge < -0.3 is 10.5 Å². The number of para-hydroxylation sites is 1. The lowest BCUT2D eigenvalue weighted by molar-refractivity contribution is 0.416. The summed E-state index contributed by atoms with van der Waals surface area (Å²) in [5, 5.41) is 0.709. The first-order chi connectivity index (χ1) is 9.02. The van der Waals surface area contributed by atoms with Crippen LogP contribution >= 0.6 is 11.8 Å². The average Bonchev–Trinajstić information content (AvgIpc) is 2.38. The maximum Gasteiger partial charge on any atom is 0.192 e. The van der Waals surface area contributed by atoms with Crippen molar-refractivity contribution in [2.45, 2.75) is 30.8 Å². The lowest BCUT2D eigenvalue weighted by Crippen LogP contribution is -1.99. The Hall–Kier alpha value is -1.75. The van der Waals surface area contributed by atoms with E-state index in [1.54, 1.807) is 7.11 Å². The van der Waals surface area contributed by atoms with E-state index < -0.39 is 0 Å². The van der Waals surface area contributed by atoms with Crippen molar-refractivity contribution in [1.29, 1.82) is 0 Å². The Morgan fingerprint density at radius 1 is 1.11 bits per heavy atom. The van der Waals surface area contributed by atoms with E-state index in [9.17, 15) is 0 Å². The van der Waals surface area contributed by atoms with Crippen LogP contribution in [0.2, 0.25) is 0 Å². The van der Waals surface area contributed by atoms with Crippen molar-refractivity contribution in [3.8, 4) is 5.75 Å². The molecule has 0 aliphatic heterocycles. The van der Waals surface area contributed by atoms with Gasteiger partial charge >= 0.3 is 0 Å². The van der Waals surface area contributed by atoms with Crippen LogP contribution in [0, 0.1) is 20.8 Å². The Bertz CT molecular complexity index is 591. The van der Waals surface area contributed by atoms with Gasteiger partial charge in [0.2, 0.25) is 0 Å². The topological polar surface area (TPSA) is 61.0 Å². The van der Waals surface area contributed by atoms with Gasteiger partial charge in [-0.1, -0.05) is 6.07 Å². The van der Waals surface area contributed by atoms with Crippen LogP contribution in [0.5, 0.6) is 5.75 Å². The SMILES string of the molecule is COc1cccc(Sc2nc(C)c(C)c(C)n2)c1N. The van der Waals surface area contributed by atoms with Crippen LogP contribution in [0.25, 0.3) is 0 Å². The number of aryl methyl sites for hydroxylation is 2. The van der Waals surface area contributed by atoms with Crippen LogP contribution < -0.4 is 10.5 Å². The second-order valence-corrected chi connectivity index (χ2v) is 5.29. The van der Waals surface area contributed by atoms with E-state index >= 15 is 0 Å². The largest absolute Gasteiger partial charge is 0.495 e. The van der Waals surface area contributed by atoms with Crippen molar-refractivity contribution in [2.75, 3.05) is 12.8 Å². The van der Waals surface area contributed by atoms with Crippen LogP contribution in [0.15, 0.2) is 28.3 Å². The molecule has 1 aromatic carbocycles. The van der Waals surface area contributed by atoms with Gasteiger partial charge in [-0.3, -0.25) is 0 Å². The molecule has 0 radical (unpaired) electrons. The van der Waals surface area contributed by atoms with Crippen molar-refractivity contribution in [3.63, 3.8) is 0 Å². The lowest BCUT2D eigenvalue weighted by atomic mass is 10.2. The Balaban J connectivity index is 2.36. The van der Waals surface area contributed by atoms with Crippen molar-refractivity contribution >= 4 is 17.4 Å². The number of ether oxygens (including phenoxy) is 1. The minimum Gasteiger partial charge on any atom is -0.495 e. The second-order valence-electron chi connectivity index (χ2n) is 4.28. The summed E-state index contributed by atoms with van der Waals surface area (Å²) >= 11 is 1.45. The summed E-state index contributed by atoms with van der Waals surface area (Å²) in [5.41, 5.74) is 9.79. The third-order valence-electron chi connectivity index (χ3n) is 3.06. The molecule has 0 unspecified atom stereocenters. The molecule has 0 bridgehead atoms. The number of hydrogen-bond donors (Lipinski definition) is 1. The molecule has 1 aromatic heterocycles. The lowest BCUT2D eigenvalue weighted by Gasteiger charge is -2.10. The molecule has 5 heteroatoms. The predicted molar refractivity (Wildman–Crippen MR) is 77.8 cm³/mol. The Labute approximate surface area is 117 Å². The van der Waals surface area contributed by atoms with Gasteiger partial charge in [-0.2, -0.15) is 0 Å². The molecule has 0 amide bonds. The first-order valence-corrected chi connectivity index (χ1v) is 6.76. The van der Waals surface area contributed by atoms with Crippen molar-refractivity contribution in [2.24, 2.45) is 0 Å². The maximum absolute atomic E-state index is 6.05. The highest BCUT2D eigenvalue weighted by Gasteiger charge is 2.10. The standard InChI is InChI=1S/C14H17N3OS/c1-8-9(2)16-14(17-10(8)3)19-12-7-5-6-11(18-4)13(12)15/h5-7H,15H2,1-4H3. The summed E-state index contributed by atoms with van der Waals surface area (Å²) in [5.74, 6) is 0.672. The highest BCUT2D eigenvalue weighted by molar-refractivity contribution is 7.99. The molecule has 19 heavy (non-hydrogen) atoms. The van der Waals surface area contributed by atoms with Crippen molar-refractivity contribution in [1.82, 2.24) is 9.97 Å². The smallest absolute Gasteiger partial charge is 0.192 e. The summed E-state index contributed by atoms with van der Waals surface area (Å²) in [4.78, 5) is 9.87. The fourth-order valence-electron chi connectivity index (χ4n) is 1.68. The summed E-state index contributed by atoms with van der Waals surface area (Å²) < 4.78 is 5.21. The molecule has 100 valence electrons. The van der Waals surface area contributed by atoms with E-state index in [4.69, 9.17) is 10.5 Å². The Kier molecular flexibility index (Phi) is 3.95. The van der Waals surface area contributed by atoms with Crippen LogP contribution in [-0.4, -0.2) is 17.1 Å². The van der Waals surface area contributed by atoms with Gasteiger partial charge in [0, 0.05) is 16.3 Å². The zero-order valence-corrected chi connectivity index (χ0v) is 12.3. The fraction of sp³-hybridized carbons (Fsp3) is 0.286. The number of nitrogens with zero attached hydrogens (tertiary/aromatic N) is 2. The first-order valence-electron chi connectivity index (χ1n) is 5.95. The van der Waals surface area contributed by atoms with Gasteiger partial charge in [0.15, 0.2) is 5.16 Å². The number of methoxy groups -OCH3 is 1. The Morgan fingerprint density at radius 2 is 1.74 bits per heavy atom. The van der Waals surface area contributed by atoms with E-state index in [0.717, 1.165) is 21.8 Å². The predicted octanol–water partition coefficient (Wildman–Crippen LogP) is 3.14. The molecule has 0 atom stereocenters. The zero-order chi connectivity index (χ0) is 14.0. The van der Waals surface area contributed by atoms with Crippen molar-refractivity contribution in [3.05, 3.63) is 35.2 Å². The quantitative estimate of drug-likeness (QED) is 0.688. The van der Waals surface area contributed by atoms with Gasteiger partial charge in [-0.05, 0) is 50.2 Å². The van der Waals surface area contributed by atoms with Crippen LogP contribution in [0.4, 0.5) is 5.69 Å². The number of rotatable bonds is 3. The number of anilines is 1. The molecule has 0 aliphatic rings. The number of nitrogen functional groups attached to an aromatic ring is 1. The van der Waals surface area contributed by atoms with Gasteiger partial charge in [0.1, 0.15) is 5.75 Å². The normalized spacial score (nSPS) is 10.5. The Morgan fingerprint density at radius 3 is 2.32 bits per heavy atom. The molecule has 2 rings (SSSR count). The summed E-state index contributed by atoms with van der Waals surface area (Å²) in [6, 6.07) is 5.69. The van der Waals surface area contributed by atoms with E-state index in [1.165, 1.54) is 11.8 Å². The third kappa shape index (κ3) is 2.81. The molecule has 0 saturated carbocycles. The molecule has 0 saturated heterocycles. The molecule has 2 aromatic rings. The van der Waals surface area contributed by atoms with Crippen LogP contribution in [0.3, 0.4) is 0 Å². The molecule has 4 nitrogen and oxygen atoms in total. The minimum absolute atomic E-state index is 0.620. The monoisotopic (exact) mass is 275 g/mol. The average molecular weight is 275 g/mol. The summed E-state index contributed by atoms with van der Waals surface area (Å²) in [6.07, 6.45) is 0. The fourth-order valence-corrected chi connectivity index (χ4v) is 2.60. The number of hydrogen-bond acceptors (Lipinski definition) is 5. The highest BCUT2D eigenvalue weighted by atomic mass is 32.2. The van der Waals surface area contributed by atoms with Gasteiger partial charge in [-0.15, -0.1) is 0 Å². The molecule has 0 fully saturated rings. The molecular weight excluding hydrogens is 258 g/mol. The maximum atomic E-state index is 6.05. The van der Waals surface area contributed by atoms with E-state index in [1.807, 2.05) is 39.0 Å². The van der Waals surface area contributed by atoms with Gasteiger partial charge in [0.25, 0.3) is 0 Å². The highest BCUT2D eigenvalue weighted by Crippen LogP contribution is 2.35. The second kappa shape index (κ2) is 5.48. The number of benzene rings is 1. The number of nitrogens with two attached hydrogens (primary N) is 1. The summed E-state index contributed by atoms with van der Waals surface area (Å²) in [6.45, 7) is 6.00. The van der Waals surface area contributed by atoms with Crippen LogP contribution in [-0.2, 0) is 0 Å². The van der Waals surface area contributed by atoms with E-state index in [2.05, 4.69) is 9.97 Å². The van der Waals surface area contributed by atoms with Gasteiger partial charge in [0.05, 0.1) is 12.8 Å². The minimum atomic E-state index is 0.620. The zero-order valence-electron chi connectivity index (χ0n) is 11.5. The first kappa shape index (κ1) is 13.7. The van der Waals surface area contributed by atoms with Crippen LogP contribution in [0.1, 0.15) is 17.0 Å². The van der Waals surface area contributed by atoms with Crippen molar-refractivity contribution < 1.29 is 4.74 Å². The third-order valence-corrected chi connectivity index (χ3v) is 4.00. The molecule has 0 spiro atoms.